The Morgan fingerprint density at radius 1 is 1.20 bits per heavy atom. The minimum Gasteiger partial charge on any atom is -0.322 e. The number of halogens is 2. The zero-order valence-corrected chi connectivity index (χ0v) is 15.3. The van der Waals surface area contributed by atoms with Crippen LogP contribution in [0.1, 0.15) is 33.8 Å². The van der Waals surface area contributed by atoms with Crippen LogP contribution in [0.3, 0.4) is 0 Å². The fraction of sp³-hybridized carbons (Fsp3) is 0.235. The molecule has 3 aromatic rings. The highest BCUT2D eigenvalue weighted by molar-refractivity contribution is 7.17. The number of carbonyl (C=O) groups is 1. The van der Waals surface area contributed by atoms with Gasteiger partial charge in [0.2, 0.25) is 0 Å². The fourth-order valence-electron chi connectivity index (χ4n) is 3.00. The topological polar surface area (TPSA) is 63.5 Å². The van der Waals surface area contributed by atoms with E-state index in [2.05, 4.69) is 10.3 Å². The van der Waals surface area contributed by atoms with Gasteiger partial charge in [-0.1, -0.05) is 23.2 Å². The molecule has 0 saturated carbocycles. The standard InChI is InChI=1S/C17H13Cl2N3O2S/c18-11-6-5-9(7-12(11)19)21-15(23)10-8-20-17-22(16(10)24)13-3-1-2-4-14(13)25-17/h5-8H,1-4H2,(H,21,23). The largest absolute Gasteiger partial charge is 0.322 e. The average Bonchev–Trinajstić information content (AvgIpc) is 2.97. The Morgan fingerprint density at radius 3 is 2.80 bits per heavy atom. The quantitative estimate of drug-likeness (QED) is 0.709. The third-order valence-corrected chi connectivity index (χ3v) is 6.12. The predicted molar refractivity (Wildman–Crippen MR) is 100 cm³/mol. The highest BCUT2D eigenvalue weighted by Crippen LogP contribution is 2.28. The maximum atomic E-state index is 12.8. The number of anilines is 1. The fourth-order valence-corrected chi connectivity index (χ4v) is 4.46. The lowest BCUT2D eigenvalue weighted by Crippen LogP contribution is -2.27. The molecule has 0 spiro atoms. The van der Waals surface area contributed by atoms with E-state index in [9.17, 15) is 9.59 Å². The second-order valence-corrected chi connectivity index (χ2v) is 7.73. The number of hydrogen-bond donors (Lipinski definition) is 1. The number of benzene rings is 1. The van der Waals surface area contributed by atoms with E-state index in [1.807, 2.05) is 0 Å². The molecule has 0 unspecified atom stereocenters. The second kappa shape index (κ2) is 6.44. The molecular weight excluding hydrogens is 381 g/mol. The van der Waals surface area contributed by atoms with Crippen molar-refractivity contribution in [1.82, 2.24) is 9.38 Å². The minimum atomic E-state index is -0.513. The number of fused-ring (bicyclic) bond motifs is 3. The Balaban J connectivity index is 1.73. The number of thiazole rings is 1. The predicted octanol–water partition coefficient (Wildman–Crippen LogP) is 4.19. The van der Waals surface area contributed by atoms with E-state index in [0.717, 1.165) is 31.4 Å². The second-order valence-electron chi connectivity index (χ2n) is 5.86. The molecule has 2 heterocycles. The number of nitrogens with one attached hydrogen (secondary N) is 1. The Bertz CT molecular complexity index is 1060. The lowest BCUT2D eigenvalue weighted by Gasteiger charge is -2.10. The SMILES string of the molecule is O=C(Nc1ccc(Cl)c(Cl)c1)c1cnc2sc3c(n2c1=O)CCCC3. The summed E-state index contributed by atoms with van der Waals surface area (Å²) in [6.07, 6.45) is 5.32. The van der Waals surface area contributed by atoms with Gasteiger partial charge in [0.05, 0.1) is 10.0 Å². The van der Waals surface area contributed by atoms with Crippen LogP contribution in [-0.2, 0) is 12.8 Å². The maximum absolute atomic E-state index is 12.8. The summed E-state index contributed by atoms with van der Waals surface area (Å²) in [4.78, 5) is 31.5. The first kappa shape index (κ1) is 16.6. The van der Waals surface area contributed by atoms with E-state index in [-0.39, 0.29) is 11.1 Å². The van der Waals surface area contributed by atoms with Gasteiger partial charge in [-0.15, -0.1) is 11.3 Å². The zero-order valence-electron chi connectivity index (χ0n) is 13.0. The van der Waals surface area contributed by atoms with Crippen LogP contribution in [0.25, 0.3) is 4.96 Å². The smallest absolute Gasteiger partial charge is 0.271 e. The first-order valence-corrected chi connectivity index (χ1v) is 9.40. The average molecular weight is 394 g/mol. The molecule has 0 saturated heterocycles. The zero-order chi connectivity index (χ0) is 17.6. The van der Waals surface area contributed by atoms with E-state index in [0.29, 0.717) is 20.7 Å². The van der Waals surface area contributed by atoms with Crippen LogP contribution in [0.5, 0.6) is 0 Å². The third kappa shape index (κ3) is 2.94. The summed E-state index contributed by atoms with van der Waals surface area (Å²) in [5, 5.41) is 3.40. The van der Waals surface area contributed by atoms with E-state index in [1.54, 1.807) is 16.5 Å². The molecule has 1 amide bonds. The summed E-state index contributed by atoms with van der Waals surface area (Å²) in [6, 6.07) is 4.75. The van der Waals surface area contributed by atoms with Crippen molar-refractivity contribution < 1.29 is 4.79 Å². The van der Waals surface area contributed by atoms with E-state index in [1.165, 1.54) is 28.5 Å². The molecule has 128 valence electrons. The number of carbonyl (C=O) groups excluding carboxylic acids is 1. The van der Waals surface area contributed by atoms with Crippen LogP contribution in [0.4, 0.5) is 5.69 Å². The van der Waals surface area contributed by atoms with Crippen LogP contribution in [0.15, 0.2) is 29.2 Å². The van der Waals surface area contributed by atoms with E-state index >= 15 is 0 Å². The lowest BCUT2D eigenvalue weighted by atomic mass is 10.0. The van der Waals surface area contributed by atoms with Gasteiger partial charge in [-0.05, 0) is 43.9 Å². The van der Waals surface area contributed by atoms with E-state index < -0.39 is 5.91 Å². The van der Waals surface area contributed by atoms with Gasteiger partial charge in [-0.3, -0.25) is 14.0 Å². The summed E-state index contributed by atoms with van der Waals surface area (Å²) in [5.74, 6) is -0.513. The molecule has 0 fully saturated rings. The first-order valence-electron chi connectivity index (χ1n) is 7.83. The van der Waals surface area contributed by atoms with Crippen molar-refractivity contribution in [2.24, 2.45) is 0 Å². The Labute approximate surface area is 157 Å². The lowest BCUT2D eigenvalue weighted by molar-refractivity contribution is 0.102. The molecule has 0 atom stereocenters. The highest BCUT2D eigenvalue weighted by Gasteiger charge is 2.21. The number of aromatic nitrogens is 2. The number of hydrogen-bond acceptors (Lipinski definition) is 4. The number of rotatable bonds is 2. The van der Waals surface area contributed by atoms with Crippen LogP contribution < -0.4 is 10.9 Å². The molecule has 0 radical (unpaired) electrons. The normalized spacial score (nSPS) is 13.7. The molecule has 2 aromatic heterocycles. The summed E-state index contributed by atoms with van der Waals surface area (Å²) >= 11 is 13.4. The molecule has 4 rings (SSSR count). The van der Waals surface area contributed by atoms with Gasteiger partial charge in [-0.2, -0.15) is 0 Å². The van der Waals surface area contributed by atoms with Crippen molar-refractivity contribution in [2.75, 3.05) is 5.32 Å². The van der Waals surface area contributed by atoms with Crippen molar-refractivity contribution in [3.63, 3.8) is 0 Å². The van der Waals surface area contributed by atoms with Crippen molar-refractivity contribution in [3.8, 4) is 0 Å². The monoisotopic (exact) mass is 393 g/mol. The summed E-state index contributed by atoms with van der Waals surface area (Å²) in [7, 11) is 0. The number of amides is 1. The molecule has 25 heavy (non-hydrogen) atoms. The van der Waals surface area contributed by atoms with Gasteiger partial charge in [0.25, 0.3) is 11.5 Å². The molecule has 1 aliphatic rings. The minimum absolute atomic E-state index is 0.00902. The van der Waals surface area contributed by atoms with Gasteiger partial charge in [0.1, 0.15) is 5.56 Å². The Kier molecular flexibility index (Phi) is 4.27. The van der Waals surface area contributed by atoms with Gasteiger partial charge >= 0.3 is 0 Å². The van der Waals surface area contributed by atoms with Gasteiger partial charge in [0.15, 0.2) is 4.96 Å². The molecule has 0 aliphatic heterocycles. The van der Waals surface area contributed by atoms with Gasteiger partial charge < -0.3 is 5.32 Å². The molecular formula is C17H13Cl2N3O2S. The first-order chi connectivity index (χ1) is 12.0. The molecule has 5 nitrogen and oxygen atoms in total. The molecule has 1 N–H and O–H groups in total. The number of aryl methyl sites for hydroxylation is 2. The van der Waals surface area contributed by atoms with Crippen molar-refractivity contribution in [3.05, 3.63) is 60.9 Å². The van der Waals surface area contributed by atoms with Crippen LogP contribution >= 0.6 is 34.5 Å². The molecule has 0 bridgehead atoms. The van der Waals surface area contributed by atoms with Crippen LogP contribution in [0, 0.1) is 0 Å². The van der Waals surface area contributed by atoms with Crippen molar-refractivity contribution in [1.29, 1.82) is 0 Å². The van der Waals surface area contributed by atoms with Gasteiger partial charge in [0, 0.05) is 22.5 Å². The number of nitrogens with zero attached hydrogens (tertiary/aromatic N) is 2. The van der Waals surface area contributed by atoms with Gasteiger partial charge in [-0.25, -0.2) is 4.98 Å². The van der Waals surface area contributed by atoms with Crippen molar-refractivity contribution >= 4 is 51.1 Å². The Hall–Kier alpha value is -1.89. The van der Waals surface area contributed by atoms with E-state index in [4.69, 9.17) is 23.2 Å². The van der Waals surface area contributed by atoms with Crippen LogP contribution in [-0.4, -0.2) is 15.3 Å². The molecule has 1 aromatic carbocycles. The summed E-state index contributed by atoms with van der Waals surface area (Å²) in [6.45, 7) is 0. The van der Waals surface area contributed by atoms with Crippen LogP contribution in [0.2, 0.25) is 10.0 Å². The van der Waals surface area contributed by atoms with Crippen molar-refractivity contribution in [2.45, 2.75) is 25.7 Å². The third-order valence-electron chi connectivity index (χ3n) is 4.22. The Morgan fingerprint density at radius 2 is 2.00 bits per heavy atom. The summed E-state index contributed by atoms with van der Waals surface area (Å²) in [5.41, 5.74) is 1.14. The molecule has 1 aliphatic carbocycles. The maximum Gasteiger partial charge on any atom is 0.271 e. The molecule has 8 heteroatoms. The highest BCUT2D eigenvalue weighted by atomic mass is 35.5. The summed E-state index contributed by atoms with van der Waals surface area (Å²) < 4.78 is 1.59.